The van der Waals surface area contributed by atoms with Crippen LogP contribution in [0.3, 0.4) is 0 Å². The van der Waals surface area contributed by atoms with Gasteiger partial charge in [-0.2, -0.15) is 0 Å². The molecule has 0 bridgehead atoms. The second-order valence-electron chi connectivity index (χ2n) is 5.62. The third kappa shape index (κ3) is 4.67. The molecule has 2 N–H and O–H groups in total. The maximum Gasteiger partial charge on any atom is 0.286 e. The van der Waals surface area contributed by atoms with Crippen LogP contribution >= 0.6 is 11.8 Å². The number of hydrogen-bond donors (Lipinski definition) is 2. The van der Waals surface area contributed by atoms with E-state index in [0.717, 1.165) is 22.9 Å². The Balaban J connectivity index is 1.47. The first kappa shape index (κ1) is 17.2. The van der Waals surface area contributed by atoms with E-state index in [9.17, 15) is 14.4 Å². The lowest BCUT2D eigenvalue weighted by molar-refractivity contribution is -0.118. The fourth-order valence-corrected chi connectivity index (χ4v) is 3.35. The van der Waals surface area contributed by atoms with E-state index in [-0.39, 0.29) is 22.3 Å². The first-order valence-electron chi connectivity index (χ1n) is 7.90. The average molecular weight is 355 g/mol. The molecule has 6 nitrogen and oxygen atoms in total. The van der Waals surface area contributed by atoms with Crippen LogP contribution in [0.15, 0.2) is 48.7 Å². The SMILES string of the molecule is O=C1NC(=O)[C@@H](Cc2ccc(CCNC(=O)c3ccccn3)cc2)S1. The lowest BCUT2D eigenvalue weighted by atomic mass is 10.1. The summed E-state index contributed by atoms with van der Waals surface area (Å²) in [5.74, 6) is -0.414. The molecular formula is C18H17N3O3S. The number of amides is 3. The van der Waals surface area contributed by atoms with Crippen molar-refractivity contribution in [1.82, 2.24) is 15.6 Å². The third-order valence-electron chi connectivity index (χ3n) is 3.81. The number of benzene rings is 1. The number of carbonyl (C=O) groups excluding carboxylic acids is 3. The monoisotopic (exact) mass is 355 g/mol. The van der Waals surface area contributed by atoms with E-state index < -0.39 is 0 Å². The molecule has 2 aromatic rings. The number of thioether (sulfide) groups is 1. The Morgan fingerprint density at radius 3 is 2.52 bits per heavy atom. The largest absolute Gasteiger partial charge is 0.350 e. The standard InChI is InChI=1S/C18H17N3O3S/c22-16(14-3-1-2-9-19-14)20-10-8-12-4-6-13(7-5-12)11-15-17(23)21-18(24)25-15/h1-7,9,15H,8,10-11H2,(H,20,22)(H,21,23,24)/t15-/m1/s1. The van der Waals surface area contributed by atoms with E-state index in [1.165, 1.54) is 0 Å². The van der Waals surface area contributed by atoms with Gasteiger partial charge in [-0.15, -0.1) is 0 Å². The number of pyridine rings is 1. The molecule has 0 radical (unpaired) electrons. The van der Waals surface area contributed by atoms with E-state index in [0.29, 0.717) is 25.1 Å². The topological polar surface area (TPSA) is 88.2 Å². The number of carbonyl (C=O) groups is 3. The Morgan fingerprint density at radius 1 is 1.12 bits per heavy atom. The zero-order valence-corrected chi connectivity index (χ0v) is 14.2. The number of aromatic nitrogens is 1. The van der Waals surface area contributed by atoms with Crippen LogP contribution < -0.4 is 10.6 Å². The van der Waals surface area contributed by atoms with Crippen LogP contribution in [-0.2, 0) is 17.6 Å². The second-order valence-corrected chi connectivity index (χ2v) is 6.80. The van der Waals surface area contributed by atoms with Crippen molar-refractivity contribution >= 4 is 28.8 Å². The lowest BCUT2D eigenvalue weighted by Crippen LogP contribution is -2.26. The van der Waals surface area contributed by atoms with Gasteiger partial charge in [-0.3, -0.25) is 24.7 Å². The van der Waals surface area contributed by atoms with Crippen molar-refractivity contribution in [2.24, 2.45) is 0 Å². The van der Waals surface area contributed by atoms with Gasteiger partial charge in [-0.25, -0.2) is 0 Å². The molecule has 1 aromatic heterocycles. The second kappa shape index (κ2) is 7.94. The molecule has 128 valence electrons. The molecule has 1 fully saturated rings. The molecule has 1 saturated heterocycles. The van der Waals surface area contributed by atoms with Crippen LogP contribution in [0.25, 0.3) is 0 Å². The van der Waals surface area contributed by atoms with Crippen LogP contribution in [0.1, 0.15) is 21.6 Å². The van der Waals surface area contributed by atoms with Crippen LogP contribution in [0.5, 0.6) is 0 Å². The van der Waals surface area contributed by atoms with Crippen molar-refractivity contribution in [3.05, 3.63) is 65.5 Å². The highest BCUT2D eigenvalue weighted by molar-refractivity contribution is 8.15. The zero-order chi connectivity index (χ0) is 17.6. The van der Waals surface area contributed by atoms with Gasteiger partial charge in [0.25, 0.3) is 11.1 Å². The number of nitrogens with one attached hydrogen (secondary N) is 2. The Bertz CT molecular complexity index is 778. The molecule has 0 aliphatic carbocycles. The summed E-state index contributed by atoms with van der Waals surface area (Å²) in [6, 6.07) is 13.1. The van der Waals surface area contributed by atoms with Gasteiger partial charge in [-0.05, 0) is 36.1 Å². The van der Waals surface area contributed by atoms with Crippen LogP contribution in [-0.4, -0.2) is 33.8 Å². The normalized spacial score (nSPS) is 16.6. The molecule has 0 unspecified atom stereocenters. The zero-order valence-electron chi connectivity index (χ0n) is 13.4. The molecule has 0 saturated carbocycles. The van der Waals surface area contributed by atoms with E-state index in [1.54, 1.807) is 24.4 Å². The first-order valence-corrected chi connectivity index (χ1v) is 8.78. The molecule has 2 heterocycles. The van der Waals surface area contributed by atoms with Gasteiger partial charge in [0.05, 0.1) is 5.25 Å². The van der Waals surface area contributed by atoms with Gasteiger partial charge in [0.15, 0.2) is 0 Å². The molecular weight excluding hydrogens is 338 g/mol. The van der Waals surface area contributed by atoms with Crippen molar-refractivity contribution in [2.75, 3.05) is 6.54 Å². The van der Waals surface area contributed by atoms with E-state index >= 15 is 0 Å². The highest BCUT2D eigenvalue weighted by Gasteiger charge is 2.31. The highest BCUT2D eigenvalue weighted by Crippen LogP contribution is 2.23. The Hall–Kier alpha value is -2.67. The highest BCUT2D eigenvalue weighted by atomic mass is 32.2. The average Bonchev–Trinajstić information content (AvgIpc) is 2.94. The molecule has 7 heteroatoms. The molecule has 0 spiro atoms. The minimum absolute atomic E-state index is 0.189. The lowest BCUT2D eigenvalue weighted by Gasteiger charge is -2.08. The summed E-state index contributed by atoms with van der Waals surface area (Å²) in [4.78, 5) is 38.7. The molecule has 1 aliphatic rings. The molecule has 3 rings (SSSR count). The predicted octanol–water partition coefficient (Wildman–Crippen LogP) is 1.95. The van der Waals surface area contributed by atoms with Crippen molar-refractivity contribution in [2.45, 2.75) is 18.1 Å². The van der Waals surface area contributed by atoms with Crippen molar-refractivity contribution < 1.29 is 14.4 Å². The van der Waals surface area contributed by atoms with Gasteiger partial charge in [-0.1, -0.05) is 42.1 Å². The smallest absolute Gasteiger partial charge is 0.286 e. The summed E-state index contributed by atoms with van der Waals surface area (Å²) in [5, 5.41) is 4.49. The maximum atomic E-state index is 11.9. The summed E-state index contributed by atoms with van der Waals surface area (Å²) >= 11 is 1.03. The minimum atomic E-state index is -0.351. The number of imide groups is 1. The van der Waals surface area contributed by atoms with Crippen LogP contribution in [0, 0.1) is 0 Å². The molecule has 3 amide bonds. The molecule has 1 atom stereocenters. The van der Waals surface area contributed by atoms with Gasteiger partial charge in [0.2, 0.25) is 5.91 Å². The fraction of sp³-hybridized carbons (Fsp3) is 0.222. The third-order valence-corrected chi connectivity index (χ3v) is 4.79. The van der Waals surface area contributed by atoms with Gasteiger partial charge < -0.3 is 5.32 Å². The summed E-state index contributed by atoms with van der Waals surface area (Å²) in [7, 11) is 0. The number of rotatable bonds is 6. The van der Waals surface area contributed by atoms with Crippen molar-refractivity contribution in [1.29, 1.82) is 0 Å². The van der Waals surface area contributed by atoms with Gasteiger partial charge in [0.1, 0.15) is 5.69 Å². The molecule has 1 aromatic carbocycles. The minimum Gasteiger partial charge on any atom is -0.350 e. The molecule has 1 aliphatic heterocycles. The summed E-state index contributed by atoms with van der Waals surface area (Å²) < 4.78 is 0. The summed E-state index contributed by atoms with van der Waals surface area (Å²) in [5.41, 5.74) is 2.49. The summed E-state index contributed by atoms with van der Waals surface area (Å²) in [6.07, 6.45) is 2.82. The van der Waals surface area contributed by atoms with Crippen LogP contribution in [0.4, 0.5) is 4.79 Å². The quantitative estimate of drug-likeness (QED) is 0.827. The summed E-state index contributed by atoms with van der Waals surface area (Å²) in [6.45, 7) is 0.518. The Kier molecular flexibility index (Phi) is 5.45. The Morgan fingerprint density at radius 2 is 1.88 bits per heavy atom. The van der Waals surface area contributed by atoms with Gasteiger partial charge >= 0.3 is 0 Å². The van der Waals surface area contributed by atoms with Crippen LogP contribution in [0.2, 0.25) is 0 Å². The maximum absolute atomic E-state index is 11.9. The number of hydrogen-bond acceptors (Lipinski definition) is 5. The Labute approximate surface area is 149 Å². The van der Waals surface area contributed by atoms with E-state index in [2.05, 4.69) is 15.6 Å². The van der Waals surface area contributed by atoms with Crippen molar-refractivity contribution in [3.63, 3.8) is 0 Å². The van der Waals surface area contributed by atoms with E-state index in [1.807, 2.05) is 24.3 Å². The number of nitrogens with zero attached hydrogens (tertiary/aromatic N) is 1. The van der Waals surface area contributed by atoms with Crippen molar-refractivity contribution in [3.8, 4) is 0 Å². The molecule has 25 heavy (non-hydrogen) atoms. The fourth-order valence-electron chi connectivity index (χ4n) is 2.49. The first-order chi connectivity index (χ1) is 12.1. The van der Waals surface area contributed by atoms with E-state index in [4.69, 9.17) is 0 Å². The van der Waals surface area contributed by atoms with Gasteiger partial charge in [0, 0.05) is 12.7 Å². The predicted molar refractivity (Wildman–Crippen MR) is 95.3 cm³/mol.